The van der Waals surface area contributed by atoms with Gasteiger partial charge < -0.3 is 10.6 Å². The average Bonchev–Trinajstić information content (AvgIpc) is 3.16. The van der Waals surface area contributed by atoms with Gasteiger partial charge in [0.2, 0.25) is 0 Å². The Morgan fingerprint density at radius 2 is 1.83 bits per heavy atom. The number of aliphatic imine (C=N–C) groups is 1. The number of guanidine groups is 1. The lowest BCUT2D eigenvalue weighted by atomic mass is 9.87. The Bertz CT molecular complexity index is 500. The molecule has 0 atom stereocenters. The molecule has 0 unspecified atom stereocenters. The maximum Gasteiger partial charge on any atom is 0.191 e. The van der Waals surface area contributed by atoms with Crippen molar-refractivity contribution in [3.05, 3.63) is 0 Å². The van der Waals surface area contributed by atoms with Gasteiger partial charge in [-0.25, -0.2) is 8.42 Å². The van der Waals surface area contributed by atoms with E-state index in [1.54, 1.807) is 7.05 Å². The Labute approximate surface area is 165 Å². The second-order valence-electron chi connectivity index (χ2n) is 7.97. The molecule has 1 saturated carbocycles. The van der Waals surface area contributed by atoms with E-state index in [0.717, 1.165) is 25.3 Å². The number of hydrogen-bond donors (Lipinski definition) is 2. The minimum atomic E-state index is -2.92. The highest BCUT2D eigenvalue weighted by Crippen LogP contribution is 2.45. The van der Waals surface area contributed by atoms with E-state index in [2.05, 4.69) is 36.4 Å². The SMILES string of the molecule is CCCCCC(C)(C)CNC(=NC)NCC1(CS(C)(=O)=O)CC1.I. The van der Waals surface area contributed by atoms with Gasteiger partial charge in [-0.2, -0.15) is 0 Å². The Morgan fingerprint density at radius 1 is 1.21 bits per heavy atom. The summed E-state index contributed by atoms with van der Waals surface area (Å²) in [5.41, 5.74) is 0.151. The van der Waals surface area contributed by atoms with E-state index in [0.29, 0.717) is 6.54 Å². The van der Waals surface area contributed by atoms with Crippen LogP contribution in [0.5, 0.6) is 0 Å². The molecule has 0 saturated heterocycles. The number of rotatable bonds is 10. The molecule has 0 aliphatic heterocycles. The summed E-state index contributed by atoms with van der Waals surface area (Å²) < 4.78 is 23.0. The number of sulfone groups is 1. The third kappa shape index (κ3) is 10.1. The quantitative estimate of drug-likeness (QED) is 0.221. The largest absolute Gasteiger partial charge is 0.356 e. The van der Waals surface area contributed by atoms with Crippen LogP contribution in [0.25, 0.3) is 0 Å². The molecule has 0 aromatic carbocycles. The van der Waals surface area contributed by atoms with E-state index in [4.69, 9.17) is 0 Å². The second kappa shape index (κ2) is 10.2. The van der Waals surface area contributed by atoms with E-state index < -0.39 is 9.84 Å². The molecule has 1 aliphatic carbocycles. The van der Waals surface area contributed by atoms with Crippen LogP contribution in [0.2, 0.25) is 0 Å². The van der Waals surface area contributed by atoms with Crippen molar-refractivity contribution < 1.29 is 8.42 Å². The summed E-state index contributed by atoms with van der Waals surface area (Å²) in [6, 6.07) is 0. The zero-order valence-electron chi connectivity index (χ0n) is 15.9. The summed E-state index contributed by atoms with van der Waals surface area (Å²) in [6.45, 7) is 8.32. The first-order chi connectivity index (χ1) is 10.6. The lowest BCUT2D eigenvalue weighted by Crippen LogP contribution is -2.44. The topological polar surface area (TPSA) is 70.6 Å². The van der Waals surface area contributed by atoms with Crippen LogP contribution >= 0.6 is 24.0 Å². The summed E-state index contributed by atoms with van der Waals surface area (Å²) in [5, 5.41) is 6.70. The zero-order valence-corrected chi connectivity index (χ0v) is 19.1. The smallest absolute Gasteiger partial charge is 0.191 e. The van der Waals surface area contributed by atoms with Gasteiger partial charge in [0.25, 0.3) is 0 Å². The predicted octanol–water partition coefficient (Wildman–Crippen LogP) is 3.20. The molecule has 1 rings (SSSR count). The maximum absolute atomic E-state index is 11.5. The first kappa shape index (κ1) is 23.9. The Kier molecular flexibility index (Phi) is 10.2. The molecule has 0 heterocycles. The summed E-state index contributed by atoms with van der Waals surface area (Å²) >= 11 is 0. The second-order valence-corrected chi connectivity index (χ2v) is 10.1. The highest BCUT2D eigenvalue weighted by atomic mass is 127. The highest BCUT2D eigenvalue weighted by molar-refractivity contribution is 14.0. The van der Waals surface area contributed by atoms with Gasteiger partial charge in [0.1, 0.15) is 9.84 Å². The third-order valence-corrected chi connectivity index (χ3v) is 5.71. The fourth-order valence-electron chi connectivity index (χ4n) is 2.86. The van der Waals surface area contributed by atoms with E-state index in [9.17, 15) is 8.42 Å². The standard InChI is InChI=1S/C17H35N3O2S.HI/c1-6-7-8-9-16(2,3)12-19-15(18-4)20-13-17(10-11-17)14-23(5,21)22;/h6-14H2,1-5H3,(H2,18,19,20);1H. The number of halogens is 1. The number of unbranched alkanes of at least 4 members (excludes halogenated alkanes) is 2. The summed E-state index contributed by atoms with van der Waals surface area (Å²) in [5.74, 6) is 1.04. The molecule has 1 fully saturated rings. The monoisotopic (exact) mass is 473 g/mol. The van der Waals surface area contributed by atoms with Crippen molar-refractivity contribution in [2.75, 3.05) is 32.1 Å². The van der Waals surface area contributed by atoms with Gasteiger partial charge in [0.05, 0.1) is 5.75 Å². The van der Waals surface area contributed by atoms with E-state index in [1.165, 1.54) is 31.9 Å². The van der Waals surface area contributed by atoms with E-state index in [-0.39, 0.29) is 40.6 Å². The Balaban J connectivity index is 0.00000529. The van der Waals surface area contributed by atoms with Gasteiger partial charge in [-0.1, -0.05) is 40.0 Å². The van der Waals surface area contributed by atoms with Crippen LogP contribution in [0, 0.1) is 10.8 Å². The summed E-state index contributed by atoms with van der Waals surface area (Å²) in [6.07, 6.45) is 8.26. The van der Waals surface area contributed by atoms with Crippen molar-refractivity contribution in [1.82, 2.24) is 10.6 Å². The van der Waals surface area contributed by atoms with E-state index >= 15 is 0 Å². The van der Waals surface area contributed by atoms with Gasteiger partial charge in [0.15, 0.2) is 5.96 Å². The van der Waals surface area contributed by atoms with Crippen LogP contribution in [0.3, 0.4) is 0 Å². The van der Waals surface area contributed by atoms with Crippen molar-refractivity contribution in [3.8, 4) is 0 Å². The lowest BCUT2D eigenvalue weighted by Gasteiger charge is -2.26. The van der Waals surface area contributed by atoms with Crippen LogP contribution < -0.4 is 10.6 Å². The van der Waals surface area contributed by atoms with Crippen LogP contribution in [-0.4, -0.2) is 46.5 Å². The molecule has 0 aromatic heterocycles. The maximum atomic E-state index is 11.5. The summed E-state index contributed by atoms with van der Waals surface area (Å²) in [7, 11) is -1.16. The average molecular weight is 473 g/mol. The van der Waals surface area contributed by atoms with Crippen molar-refractivity contribution in [2.45, 2.75) is 59.3 Å². The van der Waals surface area contributed by atoms with Crippen LogP contribution in [0.1, 0.15) is 59.3 Å². The molecule has 0 amide bonds. The molecule has 1 aliphatic rings. The van der Waals surface area contributed by atoms with Gasteiger partial charge in [-0.3, -0.25) is 4.99 Å². The Morgan fingerprint density at radius 3 is 2.29 bits per heavy atom. The molecule has 0 bridgehead atoms. The molecule has 7 heteroatoms. The van der Waals surface area contributed by atoms with Crippen molar-refractivity contribution in [3.63, 3.8) is 0 Å². The molecule has 5 nitrogen and oxygen atoms in total. The minimum absolute atomic E-state index is 0. The van der Waals surface area contributed by atoms with Gasteiger partial charge in [-0.05, 0) is 24.7 Å². The molecule has 144 valence electrons. The fraction of sp³-hybridized carbons (Fsp3) is 0.941. The fourth-order valence-corrected chi connectivity index (χ4v) is 4.36. The van der Waals surface area contributed by atoms with Crippen molar-refractivity contribution in [2.24, 2.45) is 15.8 Å². The highest BCUT2D eigenvalue weighted by Gasteiger charge is 2.45. The Hall–Kier alpha value is -0.0500. The number of nitrogens with zero attached hydrogens (tertiary/aromatic N) is 1. The lowest BCUT2D eigenvalue weighted by molar-refractivity contribution is 0.318. The van der Waals surface area contributed by atoms with Crippen LogP contribution in [0.4, 0.5) is 0 Å². The number of nitrogens with one attached hydrogen (secondary N) is 2. The van der Waals surface area contributed by atoms with Crippen LogP contribution in [0.15, 0.2) is 4.99 Å². The molecule has 2 N–H and O–H groups in total. The molecular weight excluding hydrogens is 437 g/mol. The zero-order chi connectivity index (χ0) is 17.6. The van der Waals surface area contributed by atoms with Gasteiger partial charge in [-0.15, -0.1) is 24.0 Å². The minimum Gasteiger partial charge on any atom is -0.356 e. The van der Waals surface area contributed by atoms with E-state index in [1.807, 2.05) is 0 Å². The van der Waals surface area contributed by atoms with Crippen molar-refractivity contribution >= 4 is 39.8 Å². The van der Waals surface area contributed by atoms with Gasteiger partial charge in [0, 0.05) is 31.8 Å². The summed E-state index contributed by atoms with van der Waals surface area (Å²) in [4.78, 5) is 4.26. The molecule has 0 radical (unpaired) electrons. The first-order valence-electron chi connectivity index (χ1n) is 8.74. The van der Waals surface area contributed by atoms with Crippen LogP contribution in [-0.2, 0) is 9.84 Å². The predicted molar refractivity (Wildman–Crippen MR) is 114 cm³/mol. The first-order valence-corrected chi connectivity index (χ1v) is 10.8. The molecule has 24 heavy (non-hydrogen) atoms. The van der Waals surface area contributed by atoms with Crippen molar-refractivity contribution in [1.29, 1.82) is 0 Å². The normalized spacial score (nSPS) is 17.1. The molecule has 0 spiro atoms. The molecular formula is C17H36IN3O2S. The number of hydrogen-bond acceptors (Lipinski definition) is 3. The van der Waals surface area contributed by atoms with Gasteiger partial charge >= 0.3 is 0 Å². The third-order valence-electron chi connectivity index (χ3n) is 4.57. The molecule has 0 aromatic rings.